The smallest absolute Gasteiger partial charge is 0.256 e. The van der Waals surface area contributed by atoms with Gasteiger partial charge in [-0.25, -0.2) is 15.0 Å². The van der Waals surface area contributed by atoms with Crippen LogP contribution in [0.2, 0.25) is 0 Å². The Kier molecular flexibility index (Phi) is 4.30. The van der Waals surface area contributed by atoms with Crippen LogP contribution in [-0.2, 0) is 7.05 Å². The number of piperazine rings is 1. The third-order valence-electron chi connectivity index (χ3n) is 5.98. The summed E-state index contributed by atoms with van der Waals surface area (Å²) in [6, 6.07) is 5.87. The van der Waals surface area contributed by atoms with Crippen molar-refractivity contribution in [3.05, 3.63) is 42.1 Å². The van der Waals surface area contributed by atoms with Gasteiger partial charge >= 0.3 is 0 Å². The van der Waals surface area contributed by atoms with Crippen molar-refractivity contribution in [3.63, 3.8) is 0 Å². The number of carbonyl (C=O) groups excluding carboxylic acids is 1. The van der Waals surface area contributed by atoms with Gasteiger partial charge in [-0.3, -0.25) is 4.79 Å². The summed E-state index contributed by atoms with van der Waals surface area (Å²) in [4.78, 5) is 33.5. The summed E-state index contributed by atoms with van der Waals surface area (Å²) in [5.41, 5.74) is 4.21. The number of imidazole rings is 1. The number of aryl methyl sites for hydroxylation is 1. The second-order valence-corrected chi connectivity index (χ2v) is 7.48. The van der Waals surface area contributed by atoms with Crippen molar-refractivity contribution in [1.82, 2.24) is 29.4 Å². The zero-order chi connectivity index (χ0) is 20.8. The molecule has 0 spiro atoms. The molecule has 154 valence electrons. The number of nitrogens with zero attached hydrogens (tertiary/aromatic N) is 6. The fraction of sp³-hybridized carbons (Fsp3) is 0.333. The number of aromatic nitrogens is 5. The normalized spacial score (nSPS) is 14.6. The molecule has 30 heavy (non-hydrogen) atoms. The summed E-state index contributed by atoms with van der Waals surface area (Å²) < 4.78 is 7.45. The van der Waals surface area contributed by atoms with E-state index in [4.69, 9.17) is 4.74 Å². The Morgan fingerprint density at radius 1 is 1.13 bits per heavy atom. The van der Waals surface area contributed by atoms with Crippen LogP contribution in [-0.4, -0.2) is 68.6 Å². The highest BCUT2D eigenvalue weighted by Crippen LogP contribution is 2.30. The highest BCUT2D eigenvalue weighted by atomic mass is 16.5. The quantitative estimate of drug-likeness (QED) is 0.561. The fourth-order valence-electron chi connectivity index (χ4n) is 4.22. The Bertz CT molecular complexity index is 1250. The number of carbonyl (C=O) groups is 1. The van der Waals surface area contributed by atoms with Crippen LogP contribution >= 0.6 is 0 Å². The van der Waals surface area contributed by atoms with Gasteiger partial charge in [0.1, 0.15) is 17.6 Å². The van der Waals surface area contributed by atoms with E-state index >= 15 is 0 Å². The number of nitrogens with one attached hydrogen (secondary N) is 1. The number of ether oxygens (including phenoxy) is 1. The van der Waals surface area contributed by atoms with Crippen molar-refractivity contribution in [1.29, 1.82) is 0 Å². The molecule has 9 nitrogen and oxygen atoms in total. The molecule has 1 fully saturated rings. The minimum Gasteiger partial charge on any atom is -0.497 e. The highest BCUT2D eigenvalue weighted by Gasteiger charge is 2.28. The monoisotopic (exact) mass is 405 g/mol. The summed E-state index contributed by atoms with van der Waals surface area (Å²) in [7, 11) is 3.63. The van der Waals surface area contributed by atoms with Gasteiger partial charge in [0.15, 0.2) is 11.5 Å². The topological polar surface area (TPSA) is 92.2 Å². The van der Waals surface area contributed by atoms with Crippen molar-refractivity contribution < 1.29 is 9.53 Å². The van der Waals surface area contributed by atoms with E-state index in [1.807, 2.05) is 37.1 Å². The van der Waals surface area contributed by atoms with E-state index in [9.17, 15) is 4.79 Å². The first-order valence-electron chi connectivity index (χ1n) is 9.90. The van der Waals surface area contributed by atoms with Gasteiger partial charge < -0.3 is 24.1 Å². The molecule has 4 heterocycles. The first kappa shape index (κ1) is 18.4. The molecule has 0 aliphatic carbocycles. The molecule has 5 rings (SSSR count). The van der Waals surface area contributed by atoms with Gasteiger partial charge in [-0.1, -0.05) is 0 Å². The van der Waals surface area contributed by atoms with Crippen LogP contribution in [0.3, 0.4) is 0 Å². The predicted octanol–water partition coefficient (Wildman–Crippen LogP) is 2.12. The van der Waals surface area contributed by atoms with Gasteiger partial charge in [-0.05, 0) is 25.1 Å². The summed E-state index contributed by atoms with van der Waals surface area (Å²) in [5.74, 6) is 1.63. The molecular weight excluding hydrogens is 382 g/mol. The van der Waals surface area contributed by atoms with E-state index < -0.39 is 0 Å². The summed E-state index contributed by atoms with van der Waals surface area (Å²) in [5, 5.41) is 0.928. The average Bonchev–Trinajstić information content (AvgIpc) is 3.36. The van der Waals surface area contributed by atoms with Crippen molar-refractivity contribution >= 4 is 33.8 Å². The zero-order valence-electron chi connectivity index (χ0n) is 17.2. The Morgan fingerprint density at radius 2 is 1.93 bits per heavy atom. The van der Waals surface area contributed by atoms with Crippen LogP contribution in [0.25, 0.3) is 22.1 Å². The molecule has 1 aromatic carbocycles. The highest BCUT2D eigenvalue weighted by molar-refractivity contribution is 6.08. The second kappa shape index (κ2) is 7.01. The van der Waals surface area contributed by atoms with Crippen molar-refractivity contribution in [2.24, 2.45) is 7.05 Å². The number of fused-ring (bicyclic) bond motifs is 2. The Morgan fingerprint density at radius 3 is 2.70 bits per heavy atom. The van der Waals surface area contributed by atoms with Crippen LogP contribution in [0.15, 0.2) is 30.9 Å². The third kappa shape index (κ3) is 2.77. The molecule has 1 N–H and O–H groups in total. The molecule has 0 atom stereocenters. The van der Waals surface area contributed by atoms with Crippen LogP contribution in [0.4, 0.5) is 5.82 Å². The predicted molar refractivity (Wildman–Crippen MR) is 114 cm³/mol. The molecule has 9 heteroatoms. The lowest BCUT2D eigenvalue weighted by molar-refractivity contribution is 0.0747. The lowest BCUT2D eigenvalue weighted by atomic mass is 10.1. The van der Waals surface area contributed by atoms with Crippen LogP contribution < -0.4 is 9.64 Å². The van der Waals surface area contributed by atoms with Crippen molar-refractivity contribution in [2.45, 2.75) is 6.92 Å². The van der Waals surface area contributed by atoms with Gasteiger partial charge in [0.2, 0.25) is 0 Å². The summed E-state index contributed by atoms with van der Waals surface area (Å²) in [6.07, 6.45) is 3.16. The molecular formula is C21H23N7O2. The van der Waals surface area contributed by atoms with Gasteiger partial charge in [-0.2, -0.15) is 0 Å². The standard InChI is InChI=1S/C21H23N7O2/c1-13-17(15-10-14(30-3)4-5-16(15)26(13)2)21(29)28-8-6-27(7-9-28)20-18-19(23-11-22-18)24-12-25-20/h4-5,10-12H,6-9H2,1-3H3,(H,22,23,24,25). The first-order chi connectivity index (χ1) is 14.6. The Labute approximate surface area is 173 Å². The fourth-order valence-corrected chi connectivity index (χ4v) is 4.22. The van der Waals surface area contributed by atoms with Crippen LogP contribution in [0, 0.1) is 6.92 Å². The maximum Gasteiger partial charge on any atom is 0.256 e. The largest absolute Gasteiger partial charge is 0.497 e. The Balaban J connectivity index is 1.41. The number of rotatable bonds is 3. The minimum atomic E-state index is 0.0559. The maximum absolute atomic E-state index is 13.5. The number of hydrogen-bond acceptors (Lipinski definition) is 6. The molecule has 0 bridgehead atoms. The third-order valence-corrected chi connectivity index (χ3v) is 5.98. The first-order valence-corrected chi connectivity index (χ1v) is 9.90. The summed E-state index contributed by atoms with van der Waals surface area (Å²) >= 11 is 0. The number of aromatic amines is 1. The average molecular weight is 405 g/mol. The Hall–Kier alpha value is -3.62. The summed E-state index contributed by atoms with van der Waals surface area (Å²) in [6.45, 7) is 4.64. The number of anilines is 1. The molecule has 1 aliphatic heterocycles. The van der Waals surface area contributed by atoms with Gasteiger partial charge in [0, 0.05) is 49.8 Å². The lowest BCUT2D eigenvalue weighted by Crippen LogP contribution is -2.49. The molecule has 0 radical (unpaired) electrons. The molecule has 1 saturated heterocycles. The van der Waals surface area contributed by atoms with E-state index in [1.54, 1.807) is 13.4 Å². The molecule has 4 aromatic rings. The van der Waals surface area contributed by atoms with E-state index in [0.29, 0.717) is 31.8 Å². The van der Waals surface area contributed by atoms with E-state index in [1.165, 1.54) is 6.33 Å². The number of methoxy groups -OCH3 is 1. The molecule has 0 saturated carbocycles. The molecule has 1 amide bonds. The number of benzene rings is 1. The zero-order valence-corrected chi connectivity index (χ0v) is 17.2. The second-order valence-electron chi connectivity index (χ2n) is 7.48. The van der Waals surface area contributed by atoms with Gasteiger partial charge in [-0.15, -0.1) is 0 Å². The number of H-pyrrole nitrogens is 1. The molecule has 3 aromatic heterocycles. The number of amides is 1. The lowest BCUT2D eigenvalue weighted by Gasteiger charge is -2.35. The van der Waals surface area contributed by atoms with Crippen molar-refractivity contribution in [2.75, 3.05) is 38.2 Å². The van der Waals surface area contributed by atoms with E-state index in [0.717, 1.165) is 39.2 Å². The van der Waals surface area contributed by atoms with Gasteiger partial charge in [0.25, 0.3) is 5.91 Å². The van der Waals surface area contributed by atoms with E-state index in [-0.39, 0.29) is 5.91 Å². The van der Waals surface area contributed by atoms with Crippen LogP contribution in [0.1, 0.15) is 16.1 Å². The molecule has 1 aliphatic rings. The minimum absolute atomic E-state index is 0.0559. The van der Waals surface area contributed by atoms with E-state index in [2.05, 4.69) is 29.4 Å². The van der Waals surface area contributed by atoms with Gasteiger partial charge in [0.05, 0.1) is 19.0 Å². The molecule has 0 unspecified atom stereocenters. The maximum atomic E-state index is 13.5. The number of hydrogen-bond donors (Lipinski definition) is 1. The van der Waals surface area contributed by atoms with Crippen molar-refractivity contribution in [3.8, 4) is 5.75 Å². The SMILES string of the molecule is COc1ccc2c(c1)c(C(=O)N1CCN(c3ncnc4nc[nH]c34)CC1)c(C)n2C. The van der Waals surface area contributed by atoms with Crippen LogP contribution in [0.5, 0.6) is 5.75 Å².